The first-order valence-electron chi connectivity index (χ1n) is 9.25. The minimum absolute atomic E-state index is 0.0110. The molecule has 1 saturated carbocycles. The SMILES string of the molecule is O=C(CCNS(=O)(=O)c1ccc(Cl)cc1)NCc1ccc(NC(=O)C2CC2)cc1. The second-order valence-electron chi connectivity index (χ2n) is 6.84. The number of carbonyl (C=O) groups excluding carboxylic acids is 2. The van der Waals surface area contributed by atoms with Gasteiger partial charge in [0.1, 0.15) is 0 Å². The zero-order valence-electron chi connectivity index (χ0n) is 15.7. The van der Waals surface area contributed by atoms with Crippen molar-refractivity contribution in [2.75, 3.05) is 11.9 Å². The van der Waals surface area contributed by atoms with E-state index in [0.717, 1.165) is 24.1 Å². The van der Waals surface area contributed by atoms with E-state index in [1.165, 1.54) is 24.3 Å². The lowest BCUT2D eigenvalue weighted by atomic mass is 10.2. The van der Waals surface area contributed by atoms with Gasteiger partial charge in [0, 0.05) is 36.1 Å². The molecule has 29 heavy (non-hydrogen) atoms. The molecule has 1 fully saturated rings. The molecule has 0 aliphatic heterocycles. The van der Waals surface area contributed by atoms with Crippen LogP contribution >= 0.6 is 11.6 Å². The molecule has 0 unspecified atom stereocenters. The van der Waals surface area contributed by atoms with Crippen molar-refractivity contribution in [1.82, 2.24) is 10.0 Å². The molecule has 1 aliphatic carbocycles. The van der Waals surface area contributed by atoms with Crippen molar-refractivity contribution in [1.29, 1.82) is 0 Å². The Bertz CT molecular complexity index is 972. The summed E-state index contributed by atoms with van der Waals surface area (Å²) in [6.07, 6.45) is 1.92. The molecule has 0 spiro atoms. The standard InChI is InChI=1S/C20H22ClN3O4S/c21-16-5-9-18(10-6-16)29(27,28)23-12-11-19(25)22-13-14-1-7-17(8-2-14)24-20(26)15-3-4-15/h1-2,5-10,15,23H,3-4,11-13H2,(H,22,25)(H,24,26). The molecule has 0 bridgehead atoms. The molecule has 0 radical (unpaired) electrons. The van der Waals surface area contributed by atoms with Gasteiger partial charge in [0.05, 0.1) is 4.90 Å². The van der Waals surface area contributed by atoms with Crippen molar-refractivity contribution >= 4 is 39.1 Å². The first-order chi connectivity index (χ1) is 13.8. The number of carbonyl (C=O) groups is 2. The maximum Gasteiger partial charge on any atom is 0.240 e. The number of halogens is 1. The molecular weight excluding hydrogens is 414 g/mol. The second kappa shape index (κ2) is 9.39. The van der Waals surface area contributed by atoms with Crippen LogP contribution in [-0.2, 0) is 26.2 Å². The average Bonchev–Trinajstić information content (AvgIpc) is 3.53. The van der Waals surface area contributed by atoms with E-state index < -0.39 is 10.0 Å². The van der Waals surface area contributed by atoms with E-state index in [9.17, 15) is 18.0 Å². The fourth-order valence-corrected chi connectivity index (χ4v) is 3.74. The van der Waals surface area contributed by atoms with Gasteiger partial charge in [-0.2, -0.15) is 0 Å². The number of sulfonamides is 1. The molecule has 2 aromatic rings. The number of hydrogen-bond acceptors (Lipinski definition) is 4. The van der Waals surface area contributed by atoms with E-state index in [0.29, 0.717) is 11.6 Å². The molecule has 0 saturated heterocycles. The first-order valence-corrected chi connectivity index (χ1v) is 11.1. The van der Waals surface area contributed by atoms with Gasteiger partial charge >= 0.3 is 0 Å². The molecule has 9 heteroatoms. The van der Waals surface area contributed by atoms with Crippen molar-refractivity contribution in [3.05, 3.63) is 59.1 Å². The van der Waals surface area contributed by atoms with E-state index in [4.69, 9.17) is 11.6 Å². The molecule has 0 atom stereocenters. The molecule has 154 valence electrons. The Hall–Kier alpha value is -2.42. The highest BCUT2D eigenvalue weighted by molar-refractivity contribution is 7.89. The Morgan fingerprint density at radius 3 is 2.28 bits per heavy atom. The van der Waals surface area contributed by atoms with Gasteiger partial charge in [0.15, 0.2) is 0 Å². The topological polar surface area (TPSA) is 104 Å². The van der Waals surface area contributed by atoms with Crippen molar-refractivity contribution < 1.29 is 18.0 Å². The molecular formula is C20H22ClN3O4S. The summed E-state index contributed by atoms with van der Waals surface area (Å²) >= 11 is 5.75. The second-order valence-corrected chi connectivity index (χ2v) is 9.04. The van der Waals surface area contributed by atoms with Crippen LogP contribution in [0.5, 0.6) is 0 Å². The van der Waals surface area contributed by atoms with Crippen molar-refractivity contribution in [3.63, 3.8) is 0 Å². The maximum absolute atomic E-state index is 12.1. The van der Waals surface area contributed by atoms with Gasteiger partial charge in [0.25, 0.3) is 0 Å². The summed E-state index contributed by atoms with van der Waals surface area (Å²) in [6.45, 7) is 0.308. The molecule has 0 aromatic heterocycles. The quantitative estimate of drug-likeness (QED) is 0.563. The predicted molar refractivity (Wildman–Crippen MR) is 111 cm³/mol. The van der Waals surface area contributed by atoms with Crippen LogP contribution in [0.4, 0.5) is 5.69 Å². The van der Waals surface area contributed by atoms with Crippen LogP contribution in [0.25, 0.3) is 0 Å². The van der Waals surface area contributed by atoms with Crippen LogP contribution in [0.15, 0.2) is 53.4 Å². The van der Waals surface area contributed by atoms with Gasteiger partial charge in [0.2, 0.25) is 21.8 Å². The molecule has 3 rings (SSSR count). The highest BCUT2D eigenvalue weighted by Crippen LogP contribution is 2.30. The zero-order chi connectivity index (χ0) is 20.9. The number of anilines is 1. The number of nitrogens with one attached hydrogen (secondary N) is 3. The highest BCUT2D eigenvalue weighted by Gasteiger charge is 2.29. The van der Waals surface area contributed by atoms with Crippen LogP contribution in [0.1, 0.15) is 24.8 Å². The number of amides is 2. The molecule has 2 amide bonds. The molecule has 1 aliphatic rings. The van der Waals surface area contributed by atoms with E-state index in [1.54, 1.807) is 12.1 Å². The highest BCUT2D eigenvalue weighted by atomic mass is 35.5. The lowest BCUT2D eigenvalue weighted by Gasteiger charge is -2.09. The Morgan fingerprint density at radius 2 is 1.66 bits per heavy atom. The van der Waals surface area contributed by atoms with E-state index in [1.807, 2.05) is 12.1 Å². The maximum atomic E-state index is 12.1. The van der Waals surface area contributed by atoms with Crippen LogP contribution < -0.4 is 15.4 Å². The van der Waals surface area contributed by atoms with Crippen molar-refractivity contribution in [2.24, 2.45) is 5.92 Å². The summed E-state index contributed by atoms with van der Waals surface area (Å²) in [7, 11) is -3.68. The van der Waals surface area contributed by atoms with Gasteiger partial charge in [-0.1, -0.05) is 23.7 Å². The Labute approximate surface area is 174 Å². The number of rotatable bonds is 9. The summed E-state index contributed by atoms with van der Waals surface area (Å²) in [4.78, 5) is 23.8. The minimum Gasteiger partial charge on any atom is -0.352 e. The fourth-order valence-electron chi connectivity index (χ4n) is 2.58. The van der Waals surface area contributed by atoms with Gasteiger partial charge in [-0.3, -0.25) is 9.59 Å². The summed E-state index contributed by atoms with van der Waals surface area (Å²) in [5, 5.41) is 6.04. The van der Waals surface area contributed by atoms with Gasteiger partial charge < -0.3 is 10.6 Å². The van der Waals surface area contributed by atoms with Crippen LogP contribution in [0.3, 0.4) is 0 Å². The van der Waals surface area contributed by atoms with E-state index in [-0.39, 0.29) is 35.6 Å². The average molecular weight is 436 g/mol. The first kappa shape index (κ1) is 21.3. The molecule has 7 nitrogen and oxygen atoms in total. The normalized spacial score (nSPS) is 13.7. The Kier molecular flexibility index (Phi) is 6.89. The summed E-state index contributed by atoms with van der Waals surface area (Å²) in [6, 6.07) is 13.0. The molecule has 0 heterocycles. The van der Waals surface area contributed by atoms with Crippen molar-refractivity contribution in [2.45, 2.75) is 30.7 Å². The van der Waals surface area contributed by atoms with Crippen LogP contribution in [0, 0.1) is 5.92 Å². The smallest absolute Gasteiger partial charge is 0.240 e. The third-order valence-corrected chi connectivity index (χ3v) is 6.16. The molecule has 2 aromatic carbocycles. The number of benzene rings is 2. The van der Waals surface area contributed by atoms with Crippen LogP contribution in [-0.4, -0.2) is 26.8 Å². The van der Waals surface area contributed by atoms with E-state index in [2.05, 4.69) is 15.4 Å². The summed E-state index contributed by atoms with van der Waals surface area (Å²) in [5.74, 6) is -0.0758. The van der Waals surface area contributed by atoms with Crippen LogP contribution in [0.2, 0.25) is 5.02 Å². The van der Waals surface area contributed by atoms with Crippen molar-refractivity contribution in [3.8, 4) is 0 Å². The lowest BCUT2D eigenvalue weighted by Crippen LogP contribution is -2.30. The summed E-state index contributed by atoms with van der Waals surface area (Å²) < 4.78 is 26.7. The molecule has 3 N–H and O–H groups in total. The van der Waals surface area contributed by atoms with E-state index >= 15 is 0 Å². The minimum atomic E-state index is -3.68. The summed E-state index contributed by atoms with van der Waals surface area (Å²) in [5.41, 5.74) is 1.61. The Morgan fingerprint density at radius 1 is 1.00 bits per heavy atom. The Balaban J connectivity index is 1.39. The zero-order valence-corrected chi connectivity index (χ0v) is 17.2. The third kappa shape index (κ3) is 6.56. The predicted octanol–water partition coefficient (Wildman–Crippen LogP) is 2.67. The lowest BCUT2D eigenvalue weighted by molar-refractivity contribution is -0.121. The third-order valence-electron chi connectivity index (χ3n) is 4.43. The number of hydrogen-bond donors (Lipinski definition) is 3. The van der Waals surface area contributed by atoms with Gasteiger partial charge in [-0.05, 0) is 54.8 Å². The fraction of sp³-hybridized carbons (Fsp3) is 0.300. The monoisotopic (exact) mass is 435 g/mol. The largest absolute Gasteiger partial charge is 0.352 e. The van der Waals surface area contributed by atoms with Gasteiger partial charge in [-0.15, -0.1) is 0 Å². The van der Waals surface area contributed by atoms with Gasteiger partial charge in [-0.25, -0.2) is 13.1 Å².